The predicted molar refractivity (Wildman–Crippen MR) is 141 cm³/mol. The van der Waals surface area contributed by atoms with Crippen LogP contribution in [0.2, 0.25) is 0 Å². The fourth-order valence-corrected chi connectivity index (χ4v) is 4.03. The highest BCUT2D eigenvalue weighted by molar-refractivity contribution is 9.10. The summed E-state index contributed by atoms with van der Waals surface area (Å²) in [5, 5.41) is 16.7. The molecule has 13 heteroatoms. The van der Waals surface area contributed by atoms with Gasteiger partial charge in [0.1, 0.15) is 6.61 Å². The van der Waals surface area contributed by atoms with E-state index in [0.717, 1.165) is 87.2 Å². The van der Waals surface area contributed by atoms with Gasteiger partial charge in [0.25, 0.3) is 0 Å². The lowest BCUT2D eigenvalue weighted by Crippen LogP contribution is -2.38. The molecule has 37 heavy (non-hydrogen) atoms. The summed E-state index contributed by atoms with van der Waals surface area (Å²) in [6.45, 7) is 9.83. The first-order chi connectivity index (χ1) is 18.2. The Morgan fingerprint density at radius 2 is 1.38 bits per heavy atom. The van der Waals surface area contributed by atoms with E-state index in [1.54, 1.807) is 33.8 Å². The molecule has 200 valence electrons. The van der Waals surface area contributed by atoms with Crippen LogP contribution in [0.4, 0.5) is 0 Å². The highest BCUT2D eigenvalue weighted by atomic mass is 79.9. The molecule has 2 aliphatic heterocycles. The second kappa shape index (κ2) is 14.9. The minimum absolute atomic E-state index is 0.264. The molecule has 0 atom stereocenters. The van der Waals surface area contributed by atoms with Gasteiger partial charge in [-0.2, -0.15) is 10.2 Å². The summed E-state index contributed by atoms with van der Waals surface area (Å²) in [6.07, 6.45) is 10.6. The average molecular weight is 577 g/mol. The van der Waals surface area contributed by atoms with Gasteiger partial charge >= 0.3 is 0 Å². The van der Waals surface area contributed by atoms with Gasteiger partial charge in [0, 0.05) is 63.8 Å². The molecular weight excluding hydrogens is 544 g/mol. The number of halogens is 1. The van der Waals surface area contributed by atoms with Crippen molar-refractivity contribution in [1.82, 2.24) is 39.0 Å². The molecule has 0 spiro atoms. The molecule has 0 amide bonds. The molecule has 1 N–H and O–H groups in total. The molecule has 2 aliphatic rings. The monoisotopic (exact) mass is 576 g/mol. The molecule has 2 fully saturated rings. The minimum Gasteiger partial charge on any atom is -0.489 e. The van der Waals surface area contributed by atoms with Gasteiger partial charge in [0.15, 0.2) is 17.0 Å². The Morgan fingerprint density at radius 1 is 0.811 bits per heavy atom. The summed E-state index contributed by atoms with van der Waals surface area (Å²) in [5.74, 6) is 0.749. The average Bonchev–Trinajstić information content (AvgIpc) is 3.60. The van der Waals surface area contributed by atoms with E-state index in [4.69, 9.17) is 19.3 Å². The van der Waals surface area contributed by atoms with Crippen LogP contribution < -0.4 is 4.74 Å². The van der Waals surface area contributed by atoms with E-state index in [9.17, 15) is 0 Å². The lowest BCUT2D eigenvalue weighted by atomic mass is 10.4. The van der Waals surface area contributed by atoms with E-state index in [0.29, 0.717) is 6.61 Å². The van der Waals surface area contributed by atoms with Gasteiger partial charge in [0.05, 0.1) is 62.3 Å². The zero-order valence-electron chi connectivity index (χ0n) is 20.7. The summed E-state index contributed by atoms with van der Waals surface area (Å²) in [5.41, 5.74) is 1.69. The van der Waals surface area contributed by atoms with Crippen LogP contribution in [0.3, 0.4) is 0 Å². The van der Waals surface area contributed by atoms with Gasteiger partial charge in [0.2, 0.25) is 0 Å². The predicted octanol–water partition coefficient (Wildman–Crippen LogP) is 1.24. The normalized spacial score (nSPS) is 16.6. The van der Waals surface area contributed by atoms with Gasteiger partial charge in [-0.05, 0) is 15.9 Å². The molecule has 12 nitrogen and oxygen atoms in total. The maximum atomic E-state index is 8.54. The first-order valence-electron chi connectivity index (χ1n) is 12.3. The highest BCUT2D eigenvalue weighted by Crippen LogP contribution is 2.10. The van der Waals surface area contributed by atoms with Gasteiger partial charge in [-0.3, -0.25) is 9.80 Å². The number of aliphatic hydroxyl groups is 1. The second-order valence-electron chi connectivity index (χ2n) is 8.31. The van der Waals surface area contributed by atoms with Crippen molar-refractivity contribution in [2.45, 2.75) is 0 Å². The molecule has 0 aromatic carbocycles. The van der Waals surface area contributed by atoms with Crippen LogP contribution in [0.1, 0.15) is 0 Å². The number of morpholine rings is 2. The second-order valence-corrected chi connectivity index (χ2v) is 9.23. The Hall–Kier alpha value is -2.68. The zero-order valence-corrected chi connectivity index (χ0v) is 22.3. The number of aromatic nitrogens is 6. The maximum absolute atomic E-state index is 8.54. The van der Waals surface area contributed by atoms with Crippen molar-refractivity contribution in [2.75, 3.05) is 78.9 Å². The van der Waals surface area contributed by atoms with Crippen molar-refractivity contribution in [1.29, 1.82) is 0 Å². The zero-order chi connectivity index (χ0) is 25.7. The summed E-state index contributed by atoms with van der Waals surface area (Å²) >= 11 is 3.29. The fourth-order valence-electron chi connectivity index (χ4n) is 3.74. The number of β-amino-alcohol motifs (C(OH)–C–C–N with tert-alkyl or cyclic N) is 1. The third-order valence-electron chi connectivity index (χ3n) is 5.74. The number of hydrogen-bond donors (Lipinski definition) is 1. The quantitative estimate of drug-likeness (QED) is 0.359. The Bertz CT molecular complexity index is 1190. The van der Waals surface area contributed by atoms with Crippen LogP contribution >= 0.6 is 15.9 Å². The molecule has 6 rings (SSSR count). The van der Waals surface area contributed by atoms with Gasteiger partial charge in [-0.15, -0.1) is 0 Å². The first kappa shape index (κ1) is 27.4. The molecule has 2 saturated heterocycles. The van der Waals surface area contributed by atoms with Crippen LogP contribution in [0.25, 0.3) is 11.3 Å². The molecule has 4 aromatic rings. The molecule has 0 bridgehead atoms. The molecule has 6 heterocycles. The summed E-state index contributed by atoms with van der Waals surface area (Å²) in [6, 6.07) is 3.71. The van der Waals surface area contributed by atoms with Crippen molar-refractivity contribution in [3.8, 4) is 5.75 Å². The van der Waals surface area contributed by atoms with Crippen molar-refractivity contribution < 1.29 is 19.3 Å². The number of nitrogens with zero attached hydrogens (tertiary/aromatic N) is 8. The third-order valence-corrected chi connectivity index (χ3v) is 6.15. The van der Waals surface area contributed by atoms with Crippen molar-refractivity contribution >= 4 is 27.2 Å². The number of fused-ring (bicyclic) bond motifs is 2. The van der Waals surface area contributed by atoms with E-state index in [2.05, 4.69) is 45.9 Å². The topological polar surface area (TPSA) is 115 Å². The van der Waals surface area contributed by atoms with Crippen molar-refractivity contribution in [2.24, 2.45) is 0 Å². The van der Waals surface area contributed by atoms with Gasteiger partial charge < -0.3 is 19.3 Å². The van der Waals surface area contributed by atoms with Crippen LogP contribution in [0, 0.1) is 0 Å². The van der Waals surface area contributed by atoms with Gasteiger partial charge in [-0.25, -0.2) is 19.0 Å². The van der Waals surface area contributed by atoms with E-state index in [-0.39, 0.29) is 6.61 Å². The van der Waals surface area contributed by atoms with Crippen LogP contribution in [-0.4, -0.2) is 123 Å². The Balaban J connectivity index is 0.000000143. The molecule has 0 unspecified atom stereocenters. The highest BCUT2D eigenvalue weighted by Gasteiger charge is 2.10. The lowest BCUT2D eigenvalue weighted by molar-refractivity contribution is 0.0306. The summed E-state index contributed by atoms with van der Waals surface area (Å²) in [4.78, 5) is 12.9. The maximum Gasteiger partial charge on any atom is 0.156 e. The Labute approximate surface area is 223 Å². The smallest absolute Gasteiger partial charge is 0.156 e. The molecular formula is C24H33BrN8O4. The first-order valence-corrected chi connectivity index (χ1v) is 13.1. The van der Waals surface area contributed by atoms with Crippen LogP contribution in [-0.2, 0) is 9.47 Å². The number of aliphatic hydroxyl groups excluding tert-OH is 1. The largest absolute Gasteiger partial charge is 0.489 e. The van der Waals surface area contributed by atoms with E-state index >= 15 is 0 Å². The van der Waals surface area contributed by atoms with E-state index < -0.39 is 0 Å². The SMILES string of the molecule is Brc1cnc2ccnn2c1.OCCN1CCOCC1.c1cc2ncc(OCCN3CCOCC3)cn2n1. The third kappa shape index (κ3) is 8.98. The lowest BCUT2D eigenvalue weighted by Gasteiger charge is -2.26. The van der Waals surface area contributed by atoms with Crippen molar-refractivity contribution in [3.05, 3.63) is 53.8 Å². The van der Waals surface area contributed by atoms with Crippen molar-refractivity contribution in [3.63, 3.8) is 0 Å². The standard InChI is InChI=1S/C12H16N4O2.C6H4BrN3.C6H13NO2/c1-2-14-16-10-11(9-13-12(1)16)18-8-5-15-3-6-17-7-4-15;7-5-3-8-6-1-2-9-10(6)4-5;8-4-1-7-2-5-9-6-3-7/h1-2,9-10H,3-8H2;1-4H;8H,1-6H2. The Kier molecular flexibility index (Phi) is 11.0. The summed E-state index contributed by atoms with van der Waals surface area (Å²) in [7, 11) is 0. The van der Waals surface area contributed by atoms with E-state index in [1.807, 2.05) is 24.5 Å². The van der Waals surface area contributed by atoms with Crippen LogP contribution in [0.5, 0.6) is 5.75 Å². The Morgan fingerprint density at radius 3 is 2.00 bits per heavy atom. The van der Waals surface area contributed by atoms with E-state index in [1.165, 1.54) is 0 Å². The number of hydrogen-bond acceptors (Lipinski definition) is 10. The fraction of sp³-hybridized carbons (Fsp3) is 0.500. The molecule has 0 saturated carbocycles. The minimum atomic E-state index is 0.264. The summed E-state index contributed by atoms with van der Waals surface area (Å²) < 4.78 is 20.5. The number of ether oxygens (including phenoxy) is 3. The molecule has 0 aliphatic carbocycles. The molecule has 4 aromatic heterocycles. The van der Waals surface area contributed by atoms with Gasteiger partial charge in [-0.1, -0.05) is 0 Å². The molecule has 0 radical (unpaired) electrons. The van der Waals surface area contributed by atoms with Crippen LogP contribution in [0.15, 0.2) is 53.8 Å². The number of rotatable bonds is 6.